The number of carbonyl (C=O) groups excluding carboxylic acids is 1. The number of amides is 1. The maximum atomic E-state index is 12.1. The Morgan fingerprint density at radius 3 is 2.83 bits per heavy atom. The molecular formula is C17H24N4O2. The van der Waals surface area contributed by atoms with Crippen LogP contribution in [0.5, 0.6) is 0 Å². The molecule has 0 aliphatic carbocycles. The Labute approximate surface area is 136 Å². The Bertz CT molecular complexity index is 743. The summed E-state index contributed by atoms with van der Waals surface area (Å²) in [5.41, 5.74) is 0.770. The number of pyridine rings is 1. The van der Waals surface area contributed by atoms with Crippen LogP contribution in [0.1, 0.15) is 48.1 Å². The maximum Gasteiger partial charge on any atom is 0.256 e. The number of rotatable bonds is 6. The van der Waals surface area contributed by atoms with E-state index < -0.39 is 0 Å². The molecule has 0 aromatic carbocycles. The predicted octanol–water partition coefficient (Wildman–Crippen LogP) is 1.83. The van der Waals surface area contributed by atoms with Crippen LogP contribution in [-0.2, 0) is 13.6 Å². The fourth-order valence-electron chi connectivity index (χ4n) is 2.46. The molecule has 0 unspecified atom stereocenters. The predicted molar refractivity (Wildman–Crippen MR) is 89.7 cm³/mol. The molecule has 23 heavy (non-hydrogen) atoms. The first-order valence-electron chi connectivity index (χ1n) is 7.86. The van der Waals surface area contributed by atoms with Crippen LogP contribution in [0.25, 0.3) is 0 Å². The average molecular weight is 316 g/mol. The molecule has 0 bridgehead atoms. The van der Waals surface area contributed by atoms with Gasteiger partial charge in [-0.2, -0.15) is 0 Å². The van der Waals surface area contributed by atoms with Crippen molar-refractivity contribution in [3.63, 3.8) is 0 Å². The average Bonchev–Trinajstić information content (AvgIpc) is 2.96. The molecule has 2 aromatic heterocycles. The third-order valence-electron chi connectivity index (χ3n) is 3.85. The van der Waals surface area contributed by atoms with Crippen molar-refractivity contribution in [2.75, 3.05) is 6.54 Å². The van der Waals surface area contributed by atoms with Crippen LogP contribution >= 0.6 is 0 Å². The molecule has 0 saturated carbocycles. The van der Waals surface area contributed by atoms with Gasteiger partial charge in [-0.05, 0) is 13.3 Å². The van der Waals surface area contributed by atoms with Gasteiger partial charge in [0.25, 0.3) is 5.91 Å². The number of hydrogen-bond donors (Lipinski definition) is 1. The zero-order valence-corrected chi connectivity index (χ0v) is 14.2. The second-order valence-electron chi connectivity index (χ2n) is 6.05. The summed E-state index contributed by atoms with van der Waals surface area (Å²) in [6.45, 7) is 7.35. The number of aryl methyl sites for hydroxylation is 3. The standard InChI is InChI=1S/C17H24N4O2/c1-12(2)16-18-7-9-21(16)8-5-6-19-17(23)14-11-20(4)13(3)10-15(14)22/h7,9-12H,5-6,8H2,1-4H3,(H,19,23). The van der Waals surface area contributed by atoms with Crippen LogP contribution in [0.3, 0.4) is 0 Å². The first-order chi connectivity index (χ1) is 10.9. The van der Waals surface area contributed by atoms with E-state index in [2.05, 4.69) is 28.7 Å². The Hall–Kier alpha value is -2.37. The minimum absolute atomic E-state index is 0.184. The van der Waals surface area contributed by atoms with Gasteiger partial charge in [0, 0.05) is 56.4 Å². The van der Waals surface area contributed by atoms with Gasteiger partial charge in [-0.25, -0.2) is 4.98 Å². The van der Waals surface area contributed by atoms with Crippen molar-refractivity contribution in [1.82, 2.24) is 19.4 Å². The van der Waals surface area contributed by atoms with Crippen molar-refractivity contribution in [3.05, 3.63) is 52.0 Å². The fourth-order valence-corrected chi connectivity index (χ4v) is 2.46. The Morgan fingerprint density at radius 2 is 2.13 bits per heavy atom. The lowest BCUT2D eigenvalue weighted by molar-refractivity contribution is 0.0951. The molecular weight excluding hydrogens is 292 g/mol. The monoisotopic (exact) mass is 316 g/mol. The lowest BCUT2D eigenvalue weighted by Crippen LogP contribution is -2.30. The zero-order valence-electron chi connectivity index (χ0n) is 14.2. The van der Waals surface area contributed by atoms with Crippen LogP contribution in [0.2, 0.25) is 0 Å². The molecule has 1 N–H and O–H groups in total. The number of nitrogens with zero attached hydrogens (tertiary/aromatic N) is 3. The van der Waals surface area contributed by atoms with Crippen molar-refractivity contribution in [2.24, 2.45) is 7.05 Å². The van der Waals surface area contributed by atoms with Gasteiger partial charge in [-0.15, -0.1) is 0 Å². The fraction of sp³-hybridized carbons (Fsp3) is 0.471. The molecule has 6 heteroatoms. The van der Waals surface area contributed by atoms with Crippen molar-refractivity contribution >= 4 is 5.91 Å². The summed E-state index contributed by atoms with van der Waals surface area (Å²) < 4.78 is 3.87. The van der Waals surface area contributed by atoms with Crippen LogP contribution < -0.4 is 10.7 Å². The lowest BCUT2D eigenvalue weighted by Gasteiger charge is -2.11. The van der Waals surface area contributed by atoms with E-state index in [1.807, 2.05) is 20.2 Å². The van der Waals surface area contributed by atoms with Gasteiger partial charge < -0.3 is 14.5 Å². The molecule has 2 heterocycles. The summed E-state index contributed by atoms with van der Waals surface area (Å²) in [4.78, 5) is 28.3. The quantitative estimate of drug-likeness (QED) is 0.827. The van der Waals surface area contributed by atoms with E-state index in [4.69, 9.17) is 0 Å². The first-order valence-corrected chi connectivity index (χ1v) is 7.86. The summed E-state index contributed by atoms with van der Waals surface area (Å²) in [6, 6.07) is 1.48. The number of carbonyl (C=O) groups is 1. The molecule has 6 nitrogen and oxygen atoms in total. The normalized spacial score (nSPS) is 11.0. The lowest BCUT2D eigenvalue weighted by atomic mass is 10.2. The summed E-state index contributed by atoms with van der Waals surface area (Å²) in [5, 5.41) is 2.81. The van der Waals surface area contributed by atoms with Crippen molar-refractivity contribution in [2.45, 2.75) is 39.7 Å². The van der Waals surface area contributed by atoms with E-state index in [-0.39, 0.29) is 16.9 Å². The van der Waals surface area contributed by atoms with E-state index in [1.165, 1.54) is 6.07 Å². The number of imidazole rings is 1. The van der Waals surface area contributed by atoms with Gasteiger partial charge in [0.2, 0.25) is 0 Å². The molecule has 2 aromatic rings. The third-order valence-corrected chi connectivity index (χ3v) is 3.85. The molecule has 0 fully saturated rings. The molecule has 0 aliphatic heterocycles. The second kappa shape index (κ2) is 7.26. The highest BCUT2D eigenvalue weighted by Crippen LogP contribution is 2.11. The SMILES string of the molecule is Cc1cc(=O)c(C(=O)NCCCn2ccnc2C(C)C)cn1C. The Morgan fingerprint density at radius 1 is 1.39 bits per heavy atom. The Kier molecular flexibility index (Phi) is 5.36. The minimum atomic E-state index is -0.319. The van der Waals surface area contributed by atoms with Gasteiger partial charge in [-0.3, -0.25) is 9.59 Å². The van der Waals surface area contributed by atoms with Gasteiger partial charge >= 0.3 is 0 Å². The highest BCUT2D eigenvalue weighted by molar-refractivity contribution is 5.93. The number of aromatic nitrogens is 3. The molecule has 0 radical (unpaired) electrons. The summed E-state index contributed by atoms with van der Waals surface area (Å²) >= 11 is 0. The maximum absolute atomic E-state index is 12.1. The molecule has 0 atom stereocenters. The van der Waals surface area contributed by atoms with Crippen LogP contribution in [0.15, 0.2) is 29.5 Å². The highest BCUT2D eigenvalue weighted by atomic mass is 16.2. The van der Waals surface area contributed by atoms with Crippen LogP contribution in [0.4, 0.5) is 0 Å². The summed E-state index contributed by atoms with van der Waals surface area (Å²) in [5.74, 6) is 1.10. The van der Waals surface area contributed by atoms with Gasteiger partial charge in [-0.1, -0.05) is 13.8 Å². The van der Waals surface area contributed by atoms with Gasteiger partial charge in [0.1, 0.15) is 11.4 Å². The van der Waals surface area contributed by atoms with Crippen molar-refractivity contribution < 1.29 is 4.79 Å². The molecule has 0 aliphatic rings. The third kappa shape index (κ3) is 4.09. The van der Waals surface area contributed by atoms with Crippen molar-refractivity contribution in [3.8, 4) is 0 Å². The Balaban J connectivity index is 1.89. The molecule has 0 spiro atoms. The summed E-state index contributed by atoms with van der Waals surface area (Å²) in [7, 11) is 1.82. The topological polar surface area (TPSA) is 68.9 Å². The smallest absolute Gasteiger partial charge is 0.256 e. The van der Waals surface area contributed by atoms with E-state index in [0.29, 0.717) is 12.5 Å². The number of nitrogens with one attached hydrogen (secondary N) is 1. The minimum Gasteiger partial charge on any atom is -0.354 e. The van der Waals surface area contributed by atoms with Crippen LogP contribution in [0, 0.1) is 6.92 Å². The van der Waals surface area contributed by atoms with E-state index in [0.717, 1.165) is 24.5 Å². The van der Waals surface area contributed by atoms with E-state index >= 15 is 0 Å². The zero-order chi connectivity index (χ0) is 17.0. The van der Waals surface area contributed by atoms with E-state index in [1.54, 1.807) is 17.0 Å². The molecule has 0 saturated heterocycles. The largest absolute Gasteiger partial charge is 0.354 e. The highest BCUT2D eigenvalue weighted by Gasteiger charge is 2.11. The van der Waals surface area contributed by atoms with Crippen molar-refractivity contribution in [1.29, 1.82) is 0 Å². The van der Waals surface area contributed by atoms with Gasteiger partial charge in [0.05, 0.1) is 0 Å². The van der Waals surface area contributed by atoms with Crippen LogP contribution in [-0.4, -0.2) is 26.6 Å². The molecule has 1 amide bonds. The first kappa shape index (κ1) is 17.0. The number of hydrogen-bond acceptors (Lipinski definition) is 3. The second-order valence-corrected chi connectivity index (χ2v) is 6.05. The molecule has 2 rings (SSSR count). The van der Waals surface area contributed by atoms with Gasteiger partial charge in [0.15, 0.2) is 5.43 Å². The van der Waals surface area contributed by atoms with E-state index in [9.17, 15) is 9.59 Å². The molecule has 124 valence electrons. The summed E-state index contributed by atoms with van der Waals surface area (Å²) in [6.07, 6.45) is 6.12.